The summed E-state index contributed by atoms with van der Waals surface area (Å²) in [6, 6.07) is 1.92. The molecule has 0 N–H and O–H groups in total. The Balaban J connectivity index is 1.54. The molecule has 0 bridgehead atoms. The van der Waals surface area contributed by atoms with E-state index in [0.717, 1.165) is 43.0 Å². The van der Waals surface area contributed by atoms with Crippen molar-refractivity contribution in [3.63, 3.8) is 0 Å². The Morgan fingerprint density at radius 3 is 3.05 bits per heavy atom. The van der Waals surface area contributed by atoms with Gasteiger partial charge in [0.2, 0.25) is 0 Å². The normalized spacial score (nSPS) is 18.0. The van der Waals surface area contributed by atoms with Gasteiger partial charge in [-0.05, 0) is 31.7 Å². The van der Waals surface area contributed by atoms with Crippen LogP contribution in [-0.4, -0.2) is 25.1 Å². The number of nitrogens with zero attached hydrogens (tertiary/aromatic N) is 4. The van der Waals surface area contributed by atoms with Crippen LogP contribution in [0.5, 0.6) is 0 Å². The van der Waals surface area contributed by atoms with Crippen LogP contribution < -0.4 is 0 Å². The lowest BCUT2D eigenvalue weighted by atomic mass is 10.1. The van der Waals surface area contributed by atoms with Crippen molar-refractivity contribution >= 4 is 5.78 Å². The highest BCUT2D eigenvalue weighted by molar-refractivity contribution is 5.99. The highest BCUT2D eigenvalue weighted by Gasteiger charge is 2.30. The van der Waals surface area contributed by atoms with E-state index in [0.29, 0.717) is 12.3 Å². The third-order valence-corrected chi connectivity index (χ3v) is 4.24. The van der Waals surface area contributed by atoms with Crippen LogP contribution in [0.25, 0.3) is 0 Å². The number of carbonyl (C=O) groups excluding carboxylic acids is 1. The Kier molecular flexibility index (Phi) is 2.72. The molecule has 1 saturated carbocycles. The molecule has 3 heterocycles. The number of carbonyl (C=O) groups is 1. The number of ketones is 1. The number of Topliss-reactive ketones (excluding diaryl/α,β-unsaturated/α-hetero) is 1. The van der Waals surface area contributed by atoms with Crippen LogP contribution in [0.1, 0.15) is 47.7 Å². The number of hydrogen-bond acceptors (Lipinski definition) is 3. The fourth-order valence-electron chi connectivity index (χ4n) is 2.91. The lowest BCUT2D eigenvalue weighted by Gasteiger charge is -2.14. The summed E-state index contributed by atoms with van der Waals surface area (Å²) in [7, 11) is 0. The highest BCUT2D eigenvalue weighted by atomic mass is 16.1. The van der Waals surface area contributed by atoms with E-state index in [1.54, 1.807) is 0 Å². The first kappa shape index (κ1) is 11.9. The highest BCUT2D eigenvalue weighted by Crippen LogP contribution is 2.32. The second kappa shape index (κ2) is 4.58. The van der Waals surface area contributed by atoms with Gasteiger partial charge in [-0.1, -0.05) is 0 Å². The van der Waals surface area contributed by atoms with Crippen molar-refractivity contribution in [1.29, 1.82) is 0 Å². The summed E-state index contributed by atoms with van der Waals surface area (Å²) >= 11 is 0. The molecule has 0 aromatic carbocycles. The van der Waals surface area contributed by atoms with Crippen LogP contribution in [0.3, 0.4) is 0 Å². The summed E-state index contributed by atoms with van der Waals surface area (Å²) in [5, 5.41) is 8.57. The van der Waals surface area contributed by atoms with Gasteiger partial charge >= 0.3 is 0 Å². The Morgan fingerprint density at radius 2 is 2.20 bits per heavy atom. The van der Waals surface area contributed by atoms with Crippen molar-refractivity contribution in [2.75, 3.05) is 0 Å². The van der Waals surface area contributed by atoms with Crippen LogP contribution in [0.2, 0.25) is 0 Å². The van der Waals surface area contributed by atoms with Crippen LogP contribution in [0.4, 0.5) is 0 Å². The van der Waals surface area contributed by atoms with Gasteiger partial charge in [0.1, 0.15) is 5.82 Å². The molecule has 4 rings (SSSR count). The maximum atomic E-state index is 12.0. The Hall–Kier alpha value is -1.91. The van der Waals surface area contributed by atoms with Gasteiger partial charge in [0.05, 0.1) is 6.54 Å². The van der Waals surface area contributed by atoms with Gasteiger partial charge in [-0.2, -0.15) is 0 Å². The monoisotopic (exact) mass is 270 g/mol. The average Bonchev–Trinajstić information content (AvgIpc) is 3.10. The number of rotatable bonds is 4. The summed E-state index contributed by atoms with van der Waals surface area (Å²) in [4.78, 5) is 12.0. The van der Waals surface area contributed by atoms with E-state index in [4.69, 9.17) is 0 Å². The van der Waals surface area contributed by atoms with Gasteiger partial charge < -0.3 is 9.13 Å². The third-order valence-electron chi connectivity index (χ3n) is 4.24. The van der Waals surface area contributed by atoms with E-state index in [-0.39, 0.29) is 5.92 Å². The quantitative estimate of drug-likeness (QED) is 0.799. The zero-order chi connectivity index (χ0) is 13.5. The topological polar surface area (TPSA) is 52.7 Å². The molecule has 1 aliphatic carbocycles. The SMILES string of the molecule is O=C(c1ccn(Cc2nnc3n2CCCC3)c1)C1CC1. The van der Waals surface area contributed by atoms with Gasteiger partial charge in [-0.15, -0.1) is 10.2 Å². The summed E-state index contributed by atoms with van der Waals surface area (Å²) in [5.41, 5.74) is 0.839. The van der Waals surface area contributed by atoms with E-state index >= 15 is 0 Å². The molecule has 1 fully saturated rings. The minimum absolute atomic E-state index is 0.284. The van der Waals surface area contributed by atoms with Crippen molar-refractivity contribution in [3.05, 3.63) is 35.7 Å². The fraction of sp³-hybridized carbons (Fsp3) is 0.533. The number of aryl methyl sites for hydroxylation is 1. The first-order chi connectivity index (χ1) is 9.81. The molecule has 0 spiro atoms. The molecule has 2 aromatic heterocycles. The molecular weight excluding hydrogens is 252 g/mol. The first-order valence-corrected chi connectivity index (χ1v) is 7.42. The van der Waals surface area contributed by atoms with E-state index in [9.17, 15) is 4.79 Å². The van der Waals surface area contributed by atoms with Crippen molar-refractivity contribution in [3.8, 4) is 0 Å². The minimum atomic E-state index is 0.284. The molecule has 0 saturated heterocycles. The van der Waals surface area contributed by atoms with Crippen molar-refractivity contribution < 1.29 is 4.79 Å². The van der Waals surface area contributed by atoms with Gasteiger partial charge in [0.15, 0.2) is 11.6 Å². The molecule has 0 radical (unpaired) electrons. The Bertz CT molecular complexity index is 651. The van der Waals surface area contributed by atoms with Crippen LogP contribution in [0.15, 0.2) is 18.5 Å². The van der Waals surface area contributed by atoms with E-state index < -0.39 is 0 Å². The molecule has 104 valence electrons. The lowest BCUT2D eigenvalue weighted by Crippen LogP contribution is -2.14. The van der Waals surface area contributed by atoms with Crippen molar-refractivity contribution in [1.82, 2.24) is 19.3 Å². The number of hydrogen-bond donors (Lipinski definition) is 0. The molecule has 20 heavy (non-hydrogen) atoms. The second-order valence-corrected chi connectivity index (χ2v) is 5.85. The van der Waals surface area contributed by atoms with E-state index in [1.165, 1.54) is 12.8 Å². The fourth-order valence-corrected chi connectivity index (χ4v) is 2.91. The summed E-state index contributed by atoms with van der Waals surface area (Å²) in [6.07, 6.45) is 9.48. The van der Waals surface area contributed by atoms with Crippen molar-refractivity contribution in [2.24, 2.45) is 5.92 Å². The number of aromatic nitrogens is 4. The Morgan fingerprint density at radius 1 is 1.30 bits per heavy atom. The largest absolute Gasteiger partial charge is 0.346 e. The summed E-state index contributed by atoms with van der Waals surface area (Å²) in [5.74, 6) is 2.69. The maximum absolute atomic E-state index is 12.0. The minimum Gasteiger partial charge on any atom is -0.346 e. The maximum Gasteiger partial charge on any atom is 0.167 e. The molecule has 5 nitrogen and oxygen atoms in total. The molecule has 2 aliphatic rings. The van der Waals surface area contributed by atoms with Crippen LogP contribution in [-0.2, 0) is 19.5 Å². The summed E-state index contributed by atoms with van der Waals surface area (Å²) in [6.45, 7) is 1.72. The zero-order valence-electron chi connectivity index (χ0n) is 11.5. The molecule has 1 aliphatic heterocycles. The van der Waals surface area contributed by atoms with E-state index in [1.807, 2.05) is 23.0 Å². The molecular formula is C15H18N4O. The van der Waals surface area contributed by atoms with Gasteiger partial charge in [-0.25, -0.2) is 0 Å². The molecule has 2 aromatic rings. The van der Waals surface area contributed by atoms with E-state index in [2.05, 4.69) is 14.8 Å². The molecule has 0 amide bonds. The predicted octanol–water partition coefficient (Wildman–Crippen LogP) is 2.06. The predicted molar refractivity (Wildman–Crippen MR) is 73.5 cm³/mol. The number of fused-ring (bicyclic) bond motifs is 1. The molecule has 5 heteroatoms. The summed E-state index contributed by atoms with van der Waals surface area (Å²) < 4.78 is 4.27. The molecule has 0 unspecified atom stereocenters. The van der Waals surface area contributed by atoms with Crippen molar-refractivity contribution in [2.45, 2.75) is 45.2 Å². The zero-order valence-corrected chi connectivity index (χ0v) is 11.5. The van der Waals surface area contributed by atoms with Crippen LogP contribution >= 0.6 is 0 Å². The van der Waals surface area contributed by atoms with Crippen LogP contribution in [0, 0.1) is 5.92 Å². The lowest BCUT2D eigenvalue weighted by molar-refractivity contribution is 0.0967. The average molecular weight is 270 g/mol. The Labute approximate surface area is 117 Å². The third kappa shape index (κ3) is 2.07. The standard InChI is InChI=1S/C15H18N4O/c20-15(11-4-5-11)12-6-8-18(9-12)10-14-17-16-13-3-1-2-7-19(13)14/h6,8-9,11H,1-5,7,10H2. The molecule has 0 atom stereocenters. The van der Waals surface area contributed by atoms with Gasteiger partial charge in [0, 0.05) is 36.8 Å². The first-order valence-electron chi connectivity index (χ1n) is 7.42. The smallest absolute Gasteiger partial charge is 0.167 e. The second-order valence-electron chi connectivity index (χ2n) is 5.85. The van der Waals surface area contributed by atoms with Gasteiger partial charge in [0.25, 0.3) is 0 Å². The van der Waals surface area contributed by atoms with Gasteiger partial charge in [-0.3, -0.25) is 4.79 Å².